The molecule has 68 valence electrons. The summed E-state index contributed by atoms with van der Waals surface area (Å²) in [6.07, 6.45) is 3.11. The minimum Gasteiger partial charge on any atom is -0.327 e. The summed E-state index contributed by atoms with van der Waals surface area (Å²) in [5.41, 5.74) is 5.65. The number of unbranched alkanes of at least 4 members (excludes halogenated alkanes) is 1. The summed E-state index contributed by atoms with van der Waals surface area (Å²) >= 11 is 0. The van der Waals surface area contributed by atoms with E-state index in [9.17, 15) is 4.21 Å². The number of nitrogens with two attached hydrogens (primary N) is 1. The van der Waals surface area contributed by atoms with Crippen molar-refractivity contribution in [1.29, 1.82) is 0 Å². The van der Waals surface area contributed by atoms with Crippen LogP contribution in [0.4, 0.5) is 0 Å². The molecule has 0 aliphatic rings. The Bertz CT molecular complexity index is 117. The fourth-order valence-electron chi connectivity index (χ4n) is 0.745. The molecule has 0 aromatic rings. The van der Waals surface area contributed by atoms with E-state index in [-0.39, 0.29) is 6.04 Å². The van der Waals surface area contributed by atoms with Gasteiger partial charge in [0.05, 0.1) is 0 Å². The van der Waals surface area contributed by atoms with Crippen LogP contribution >= 0.6 is 0 Å². The Balaban J connectivity index is 3.36. The summed E-state index contributed by atoms with van der Waals surface area (Å²) in [5.74, 6) is 1.50. The van der Waals surface area contributed by atoms with Gasteiger partial charge in [-0.2, -0.15) is 0 Å². The van der Waals surface area contributed by atoms with Crippen molar-refractivity contribution in [2.45, 2.75) is 39.2 Å². The topological polar surface area (TPSA) is 43.1 Å². The van der Waals surface area contributed by atoms with Crippen LogP contribution in [0.2, 0.25) is 0 Å². The zero-order valence-electron chi connectivity index (χ0n) is 7.51. The zero-order chi connectivity index (χ0) is 8.69. The normalized spacial score (nSPS) is 16.3. The molecule has 0 fully saturated rings. The van der Waals surface area contributed by atoms with Gasteiger partial charge in [-0.15, -0.1) is 0 Å². The van der Waals surface area contributed by atoms with Crippen molar-refractivity contribution in [1.82, 2.24) is 0 Å². The van der Waals surface area contributed by atoms with Crippen LogP contribution in [-0.2, 0) is 10.8 Å². The molecule has 2 N–H and O–H groups in total. The van der Waals surface area contributed by atoms with E-state index in [1.54, 1.807) is 0 Å². The molecule has 0 saturated carbocycles. The maximum atomic E-state index is 11.2. The van der Waals surface area contributed by atoms with Crippen LogP contribution in [0.25, 0.3) is 0 Å². The van der Waals surface area contributed by atoms with Gasteiger partial charge in [0, 0.05) is 28.3 Å². The Morgan fingerprint density at radius 2 is 2.09 bits per heavy atom. The SMILES string of the molecule is CCCCS(=O)CC(N)CC. The first-order valence-corrected chi connectivity index (χ1v) is 5.80. The molecular weight excluding hydrogens is 158 g/mol. The van der Waals surface area contributed by atoms with E-state index in [1.165, 1.54) is 0 Å². The maximum absolute atomic E-state index is 11.2. The highest BCUT2D eigenvalue weighted by Gasteiger charge is 2.04. The van der Waals surface area contributed by atoms with Crippen LogP contribution in [0, 0.1) is 0 Å². The second kappa shape index (κ2) is 6.80. The summed E-state index contributed by atoms with van der Waals surface area (Å²) in [6.45, 7) is 4.14. The van der Waals surface area contributed by atoms with Gasteiger partial charge in [0.1, 0.15) is 0 Å². The van der Waals surface area contributed by atoms with Gasteiger partial charge in [-0.25, -0.2) is 0 Å². The molecule has 0 aliphatic heterocycles. The molecule has 0 heterocycles. The molecule has 0 rings (SSSR count). The smallest absolute Gasteiger partial charge is 0.0386 e. The molecule has 11 heavy (non-hydrogen) atoms. The van der Waals surface area contributed by atoms with Crippen LogP contribution < -0.4 is 5.73 Å². The highest BCUT2D eigenvalue weighted by Crippen LogP contribution is 1.95. The molecule has 0 spiro atoms. The summed E-state index contributed by atoms with van der Waals surface area (Å²) in [6, 6.07) is 0.132. The third-order valence-electron chi connectivity index (χ3n) is 1.65. The van der Waals surface area contributed by atoms with Crippen LogP contribution in [-0.4, -0.2) is 21.8 Å². The molecule has 2 atom stereocenters. The predicted molar refractivity (Wildman–Crippen MR) is 51.1 cm³/mol. The Kier molecular flexibility index (Phi) is 6.87. The van der Waals surface area contributed by atoms with E-state index >= 15 is 0 Å². The van der Waals surface area contributed by atoms with E-state index in [4.69, 9.17) is 5.73 Å². The second-order valence-electron chi connectivity index (χ2n) is 2.83. The Morgan fingerprint density at radius 1 is 1.45 bits per heavy atom. The van der Waals surface area contributed by atoms with E-state index in [1.807, 2.05) is 6.92 Å². The van der Waals surface area contributed by atoms with Gasteiger partial charge in [-0.05, 0) is 12.8 Å². The standard InChI is InChI=1S/C8H19NOS/c1-3-5-6-11(10)7-8(9)4-2/h8H,3-7,9H2,1-2H3. The maximum Gasteiger partial charge on any atom is 0.0386 e. The Morgan fingerprint density at radius 3 is 2.55 bits per heavy atom. The van der Waals surface area contributed by atoms with Gasteiger partial charge >= 0.3 is 0 Å². The Labute approximate surface area is 72.0 Å². The lowest BCUT2D eigenvalue weighted by Gasteiger charge is -2.07. The van der Waals surface area contributed by atoms with E-state index < -0.39 is 10.8 Å². The fraction of sp³-hybridized carbons (Fsp3) is 1.00. The van der Waals surface area contributed by atoms with Crippen molar-refractivity contribution < 1.29 is 4.21 Å². The lowest BCUT2D eigenvalue weighted by atomic mass is 10.3. The van der Waals surface area contributed by atoms with Gasteiger partial charge in [0.15, 0.2) is 0 Å². The molecule has 2 unspecified atom stereocenters. The molecule has 0 saturated heterocycles. The predicted octanol–water partition coefficient (Wildman–Crippen LogP) is 1.27. The van der Waals surface area contributed by atoms with Crippen molar-refractivity contribution in [3.63, 3.8) is 0 Å². The molecule has 3 heteroatoms. The van der Waals surface area contributed by atoms with Gasteiger partial charge in [0.2, 0.25) is 0 Å². The van der Waals surface area contributed by atoms with E-state index in [0.29, 0.717) is 5.75 Å². The Hall–Kier alpha value is 0.110. The van der Waals surface area contributed by atoms with E-state index in [0.717, 1.165) is 25.0 Å². The highest BCUT2D eigenvalue weighted by molar-refractivity contribution is 7.85. The fourth-order valence-corrected chi connectivity index (χ4v) is 2.24. The number of rotatable bonds is 6. The molecule has 0 bridgehead atoms. The quantitative estimate of drug-likeness (QED) is 0.664. The summed E-state index contributed by atoms with van der Waals surface area (Å²) in [5, 5.41) is 0. The molecule has 0 aromatic carbocycles. The average molecular weight is 177 g/mol. The third-order valence-corrected chi connectivity index (χ3v) is 3.19. The van der Waals surface area contributed by atoms with Crippen molar-refractivity contribution in [2.24, 2.45) is 5.73 Å². The third kappa shape index (κ3) is 6.51. The summed E-state index contributed by atoms with van der Waals surface area (Å²) in [7, 11) is -0.675. The highest BCUT2D eigenvalue weighted by atomic mass is 32.2. The van der Waals surface area contributed by atoms with Crippen LogP contribution in [0.5, 0.6) is 0 Å². The zero-order valence-corrected chi connectivity index (χ0v) is 8.32. The second-order valence-corrected chi connectivity index (χ2v) is 4.45. The molecule has 0 aromatic heterocycles. The van der Waals surface area contributed by atoms with Gasteiger partial charge in [0.25, 0.3) is 0 Å². The molecule has 0 aliphatic carbocycles. The first-order chi connectivity index (χ1) is 5.20. The minimum absolute atomic E-state index is 0.132. The first-order valence-electron chi connectivity index (χ1n) is 4.31. The monoisotopic (exact) mass is 177 g/mol. The van der Waals surface area contributed by atoms with Gasteiger partial charge in [-0.1, -0.05) is 20.3 Å². The van der Waals surface area contributed by atoms with Crippen molar-refractivity contribution >= 4 is 10.8 Å². The van der Waals surface area contributed by atoms with Crippen LogP contribution in [0.1, 0.15) is 33.1 Å². The minimum atomic E-state index is -0.675. The molecule has 0 radical (unpaired) electrons. The van der Waals surface area contributed by atoms with Gasteiger partial charge in [-0.3, -0.25) is 4.21 Å². The van der Waals surface area contributed by atoms with Crippen molar-refractivity contribution in [2.75, 3.05) is 11.5 Å². The molecule has 0 amide bonds. The lowest BCUT2D eigenvalue weighted by Crippen LogP contribution is -2.26. The van der Waals surface area contributed by atoms with Crippen molar-refractivity contribution in [3.05, 3.63) is 0 Å². The molecule has 2 nitrogen and oxygen atoms in total. The lowest BCUT2D eigenvalue weighted by molar-refractivity contribution is 0.660. The number of hydrogen-bond acceptors (Lipinski definition) is 2. The van der Waals surface area contributed by atoms with Crippen LogP contribution in [0.3, 0.4) is 0 Å². The van der Waals surface area contributed by atoms with E-state index in [2.05, 4.69) is 6.92 Å². The summed E-state index contributed by atoms with van der Waals surface area (Å²) < 4.78 is 11.2. The first kappa shape index (κ1) is 11.1. The van der Waals surface area contributed by atoms with Crippen molar-refractivity contribution in [3.8, 4) is 0 Å². The van der Waals surface area contributed by atoms with Gasteiger partial charge < -0.3 is 5.73 Å². The number of hydrogen-bond donors (Lipinski definition) is 1. The molecular formula is C8H19NOS. The summed E-state index contributed by atoms with van der Waals surface area (Å²) in [4.78, 5) is 0. The largest absolute Gasteiger partial charge is 0.327 e. The van der Waals surface area contributed by atoms with Crippen LogP contribution in [0.15, 0.2) is 0 Å². The average Bonchev–Trinajstić information content (AvgIpc) is 2.00.